The second-order valence-corrected chi connectivity index (χ2v) is 11.6. The van der Waals surface area contributed by atoms with Gasteiger partial charge >= 0.3 is 0 Å². The molecule has 0 saturated carbocycles. The fourth-order valence-electron chi connectivity index (χ4n) is 6.57. The number of nitrogens with zero attached hydrogens (tertiary/aromatic N) is 1. The fraction of sp³-hybridized carbons (Fsp3) is 0.0455. The summed E-state index contributed by atoms with van der Waals surface area (Å²) in [6, 6.07) is 54.4. The van der Waals surface area contributed by atoms with Crippen molar-refractivity contribution in [3.05, 3.63) is 181 Å². The third kappa shape index (κ3) is 5.35. The second kappa shape index (κ2) is 12.6. The molecule has 8 aromatic rings. The highest BCUT2D eigenvalue weighted by atomic mass is 15.0. The van der Waals surface area contributed by atoms with Gasteiger partial charge in [-0.05, 0) is 88.8 Å². The molecule has 0 atom stereocenters. The number of para-hydroxylation sites is 2. The summed E-state index contributed by atoms with van der Waals surface area (Å²) in [5.74, 6) is 0. The van der Waals surface area contributed by atoms with E-state index in [1.807, 2.05) is 13.0 Å². The van der Waals surface area contributed by atoms with Crippen LogP contribution in [0.2, 0.25) is 0 Å². The van der Waals surface area contributed by atoms with E-state index in [0.717, 1.165) is 5.57 Å². The fourth-order valence-corrected chi connectivity index (χ4v) is 6.57. The zero-order valence-electron chi connectivity index (χ0n) is 26.2. The molecule has 0 amide bonds. The first-order valence-electron chi connectivity index (χ1n) is 15.8. The van der Waals surface area contributed by atoms with E-state index >= 15 is 0 Å². The minimum Gasteiger partial charge on any atom is -0.405 e. The number of aromatic nitrogens is 1. The molecule has 0 fully saturated rings. The molecule has 2 nitrogen and oxygen atoms in total. The first-order valence-corrected chi connectivity index (χ1v) is 15.8. The minimum atomic E-state index is 1.16. The van der Waals surface area contributed by atoms with Crippen LogP contribution >= 0.6 is 0 Å². The molecule has 1 aromatic heterocycles. The summed E-state index contributed by atoms with van der Waals surface area (Å²) in [5.41, 5.74) is 15.2. The Kier molecular flexibility index (Phi) is 7.93. The van der Waals surface area contributed by atoms with Gasteiger partial charge in [0.05, 0.1) is 11.0 Å². The second-order valence-electron chi connectivity index (χ2n) is 11.6. The van der Waals surface area contributed by atoms with Gasteiger partial charge in [0.1, 0.15) is 0 Å². The summed E-state index contributed by atoms with van der Waals surface area (Å²) in [4.78, 5) is 0. The van der Waals surface area contributed by atoms with E-state index in [1.165, 1.54) is 71.3 Å². The molecule has 0 spiro atoms. The third-order valence-electron chi connectivity index (χ3n) is 8.70. The number of allylic oxidation sites excluding steroid dienone is 3. The van der Waals surface area contributed by atoms with Gasteiger partial charge in [-0.25, -0.2) is 0 Å². The third-order valence-corrected chi connectivity index (χ3v) is 8.70. The molecule has 0 aliphatic heterocycles. The van der Waals surface area contributed by atoms with Crippen molar-refractivity contribution < 1.29 is 0 Å². The zero-order valence-corrected chi connectivity index (χ0v) is 26.2. The van der Waals surface area contributed by atoms with E-state index in [9.17, 15) is 0 Å². The molecule has 0 radical (unpaired) electrons. The molecule has 2 heteroatoms. The predicted octanol–water partition coefficient (Wildman–Crippen LogP) is 11.6. The maximum Gasteiger partial charge on any atom is 0.0619 e. The van der Waals surface area contributed by atoms with Crippen molar-refractivity contribution in [3.8, 4) is 16.8 Å². The van der Waals surface area contributed by atoms with Gasteiger partial charge in [-0.3, -0.25) is 0 Å². The standard InChI is InChI=1S/C32H21N.C12H15N/c1-2-11-25(12-3-1)33-31-16-7-6-14-29(31)30-20-18-24-21-23(17-19-28(24)32(30)33)27-15-8-10-22-9-4-5-13-26(22)27;1-3-11(7-8-13)12-6-4-5-10(2)9-12/h1-21H;3-9H,13H2,1-2H3/b;8-7-,11-3+. The molecule has 222 valence electrons. The lowest BCUT2D eigenvalue weighted by Crippen LogP contribution is -1.94. The van der Waals surface area contributed by atoms with Gasteiger partial charge in [-0.2, -0.15) is 0 Å². The van der Waals surface area contributed by atoms with Crippen molar-refractivity contribution in [1.82, 2.24) is 4.57 Å². The number of aryl methyl sites for hydroxylation is 1. The Morgan fingerprint density at radius 3 is 2.11 bits per heavy atom. The van der Waals surface area contributed by atoms with Crippen LogP contribution in [0.15, 0.2) is 170 Å². The maximum absolute atomic E-state index is 5.36. The Balaban J connectivity index is 0.000000221. The van der Waals surface area contributed by atoms with E-state index in [1.54, 1.807) is 6.20 Å². The largest absolute Gasteiger partial charge is 0.405 e. The molecule has 7 aromatic carbocycles. The van der Waals surface area contributed by atoms with Crippen molar-refractivity contribution in [2.24, 2.45) is 5.73 Å². The highest BCUT2D eigenvalue weighted by Gasteiger charge is 2.15. The molecule has 8 rings (SSSR count). The summed E-state index contributed by atoms with van der Waals surface area (Å²) < 4.78 is 2.41. The minimum absolute atomic E-state index is 1.16. The molecule has 0 unspecified atom stereocenters. The quantitative estimate of drug-likeness (QED) is 0.203. The first-order chi connectivity index (χ1) is 22.7. The van der Waals surface area contributed by atoms with Crippen LogP contribution in [-0.2, 0) is 0 Å². The summed E-state index contributed by atoms with van der Waals surface area (Å²) in [5, 5.41) is 7.68. The topological polar surface area (TPSA) is 30.9 Å². The summed E-state index contributed by atoms with van der Waals surface area (Å²) in [6.45, 7) is 4.10. The number of fused-ring (bicyclic) bond motifs is 6. The highest BCUT2D eigenvalue weighted by Crippen LogP contribution is 2.38. The molecular weight excluding hydrogens is 556 g/mol. The summed E-state index contributed by atoms with van der Waals surface area (Å²) >= 11 is 0. The van der Waals surface area contributed by atoms with Crippen LogP contribution in [0.4, 0.5) is 0 Å². The Bertz CT molecular complexity index is 2380. The van der Waals surface area contributed by atoms with Gasteiger partial charge in [0.15, 0.2) is 0 Å². The van der Waals surface area contributed by atoms with Gasteiger partial charge < -0.3 is 10.3 Å². The van der Waals surface area contributed by atoms with E-state index in [-0.39, 0.29) is 0 Å². The van der Waals surface area contributed by atoms with Crippen LogP contribution < -0.4 is 5.73 Å². The molecular formula is C44H36N2. The number of nitrogens with two attached hydrogens (primary N) is 1. The van der Waals surface area contributed by atoms with Gasteiger partial charge in [-0.15, -0.1) is 0 Å². The number of hydrogen-bond acceptors (Lipinski definition) is 1. The van der Waals surface area contributed by atoms with Crippen molar-refractivity contribution in [2.45, 2.75) is 13.8 Å². The van der Waals surface area contributed by atoms with Crippen LogP contribution in [0.5, 0.6) is 0 Å². The lowest BCUT2D eigenvalue weighted by Gasteiger charge is -2.12. The van der Waals surface area contributed by atoms with Crippen molar-refractivity contribution in [3.63, 3.8) is 0 Å². The smallest absolute Gasteiger partial charge is 0.0619 e. The van der Waals surface area contributed by atoms with E-state index < -0.39 is 0 Å². The van der Waals surface area contributed by atoms with Crippen molar-refractivity contribution in [2.75, 3.05) is 0 Å². The normalized spacial score (nSPS) is 11.8. The van der Waals surface area contributed by atoms with E-state index in [0.29, 0.717) is 0 Å². The van der Waals surface area contributed by atoms with Gasteiger partial charge in [-0.1, -0.05) is 139 Å². The molecule has 0 bridgehead atoms. The van der Waals surface area contributed by atoms with Gasteiger partial charge in [0.2, 0.25) is 0 Å². The Hall–Kier alpha value is -5.86. The van der Waals surface area contributed by atoms with Crippen molar-refractivity contribution in [1.29, 1.82) is 0 Å². The average molecular weight is 593 g/mol. The number of rotatable bonds is 4. The molecule has 46 heavy (non-hydrogen) atoms. The van der Waals surface area contributed by atoms with Crippen LogP contribution in [0, 0.1) is 6.92 Å². The molecule has 1 heterocycles. The first kappa shape index (κ1) is 28.9. The average Bonchev–Trinajstić information content (AvgIpc) is 3.45. The van der Waals surface area contributed by atoms with E-state index in [4.69, 9.17) is 5.73 Å². The van der Waals surface area contributed by atoms with E-state index in [2.05, 4.69) is 169 Å². The lowest BCUT2D eigenvalue weighted by molar-refractivity contribution is 1.19. The van der Waals surface area contributed by atoms with Crippen LogP contribution in [-0.4, -0.2) is 4.57 Å². The Morgan fingerprint density at radius 2 is 1.30 bits per heavy atom. The zero-order chi connectivity index (χ0) is 31.5. The summed E-state index contributed by atoms with van der Waals surface area (Å²) in [6.07, 6.45) is 5.53. The molecule has 2 N–H and O–H groups in total. The molecule has 0 aliphatic rings. The van der Waals surface area contributed by atoms with Gasteiger partial charge in [0, 0.05) is 21.8 Å². The van der Waals surface area contributed by atoms with Crippen molar-refractivity contribution >= 4 is 48.9 Å². The van der Waals surface area contributed by atoms with Crippen LogP contribution in [0.3, 0.4) is 0 Å². The van der Waals surface area contributed by atoms with Gasteiger partial charge in [0.25, 0.3) is 0 Å². The SMILES string of the molecule is C/C=C(\C=C/N)c1cccc(C)c1.c1ccc(-n2c3ccccc3c3ccc4cc(-c5cccc6ccccc56)ccc4c32)cc1. The maximum atomic E-state index is 5.36. The molecule has 0 saturated heterocycles. The number of hydrogen-bond donors (Lipinski definition) is 1. The Morgan fingerprint density at radius 1 is 0.587 bits per heavy atom. The number of benzene rings is 7. The Labute approximate surface area is 270 Å². The molecule has 0 aliphatic carbocycles. The van der Waals surface area contributed by atoms with Crippen LogP contribution in [0.1, 0.15) is 18.1 Å². The predicted molar refractivity (Wildman–Crippen MR) is 199 cm³/mol. The highest BCUT2D eigenvalue weighted by molar-refractivity contribution is 6.19. The summed E-state index contributed by atoms with van der Waals surface area (Å²) in [7, 11) is 0. The lowest BCUT2D eigenvalue weighted by atomic mass is 9.95. The monoisotopic (exact) mass is 592 g/mol. The van der Waals surface area contributed by atoms with Crippen LogP contribution in [0.25, 0.3) is 65.7 Å².